The van der Waals surface area contributed by atoms with Gasteiger partial charge in [-0.25, -0.2) is 8.91 Å². The highest BCUT2D eigenvalue weighted by molar-refractivity contribution is 6.31. The van der Waals surface area contributed by atoms with Crippen molar-refractivity contribution in [1.82, 2.24) is 25.1 Å². The number of halogens is 2. The first-order valence-electron chi connectivity index (χ1n) is 7.63. The van der Waals surface area contributed by atoms with Crippen LogP contribution >= 0.6 is 11.6 Å². The van der Waals surface area contributed by atoms with Gasteiger partial charge in [0, 0.05) is 11.6 Å². The van der Waals surface area contributed by atoms with Crippen LogP contribution < -0.4 is 10.9 Å². The summed E-state index contributed by atoms with van der Waals surface area (Å²) in [5.74, 6) is -1.05. The first-order valence-corrected chi connectivity index (χ1v) is 8.01. The van der Waals surface area contributed by atoms with Crippen LogP contribution in [-0.4, -0.2) is 25.7 Å². The van der Waals surface area contributed by atoms with Crippen LogP contribution in [0.4, 0.5) is 4.39 Å². The molecule has 0 bridgehead atoms. The Kier molecular flexibility index (Phi) is 3.89. The quantitative estimate of drug-likeness (QED) is 0.578. The zero-order valence-electron chi connectivity index (χ0n) is 13.2. The van der Waals surface area contributed by atoms with Crippen LogP contribution in [0.1, 0.15) is 16.1 Å². The van der Waals surface area contributed by atoms with Crippen molar-refractivity contribution >= 4 is 34.1 Å². The summed E-state index contributed by atoms with van der Waals surface area (Å²) in [5, 5.41) is 10.6. The molecule has 4 rings (SSSR count). The fourth-order valence-electron chi connectivity index (χ4n) is 2.68. The third kappa shape index (κ3) is 2.70. The first-order chi connectivity index (χ1) is 12.5. The van der Waals surface area contributed by atoms with Crippen molar-refractivity contribution < 1.29 is 9.18 Å². The summed E-state index contributed by atoms with van der Waals surface area (Å²) in [7, 11) is 0. The Morgan fingerprint density at radius 2 is 2.08 bits per heavy atom. The van der Waals surface area contributed by atoms with E-state index in [9.17, 15) is 14.0 Å². The molecule has 1 amide bonds. The van der Waals surface area contributed by atoms with Gasteiger partial charge in [0.2, 0.25) is 0 Å². The minimum atomic E-state index is -0.582. The molecule has 0 unspecified atom stereocenters. The highest BCUT2D eigenvalue weighted by Gasteiger charge is 2.19. The second-order valence-electron chi connectivity index (χ2n) is 5.59. The molecule has 0 atom stereocenters. The maximum absolute atomic E-state index is 13.1. The molecule has 0 saturated heterocycles. The van der Waals surface area contributed by atoms with Crippen LogP contribution in [0.5, 0.6) is 0 Å². The lowest BCUT2D eigenvalue weighted by Crippen LogP contribution is -2.25. The van der Waals surface area contributed by atoms with E-state index < -0.39 is 17.3 Å². The second kappa shape index (κ2) is 6.23. The number of hydrogen-bond donors (Lipinski definition) is 2. The maximum Gasteiger partial charge on any atom is 0.277 e. The zero-order valence-corrected chi connectivity index (χ0v) is 13.9. The molecule has 0 aliphatic carbocycles. The smallest absolute Gasteiger partial charge is 0.277 e. The van der Waals surface area contributed by atoms with Gasteiger partial charge in [0.25, 0.3) is 11.5 Å². The Bertz CT molecular complexity index is 1220. The van der Waals surface area contributed by atoms with Crippen LogP contribution in [0, 0.1) is 5.82 Å². The van der Waals surface area contributed by atoms with Crippen molar-refractivity contribution in [3.05, 3.63) is 74.9 Å². The van der Waals surface area contributed by atoms with Crippen molar-refractivity contribution in [2.45, 2.75) is 6.54 Å². The van der Waals surface area contributed by atoms with Gasteiger partial charge in [0.1, 0.15) is 5.82 Å². The van der Waals surface area contributed by atoms with Gasteiger partial charge in [-0.3, -0.25) is 9.59 Å². The number of aromatic amines is 1. The Morgan fingerprint density at radius 1 is 1.27 bits per heavy atom. The Labute approximate surface area is 150 Å². The van der Waals surface area contributed by atoms with E-state index in [2.05, 4.69) is 20.6 Å². The first kappa shape index (κ1) is 16.2. The molecule has 9 heteroatoms. The number of hydrogen-bond acceptors (Lipinski definition) is 4. The molecule has 2 heterocycles. The van der Waals surface area contributed by atoms with E-state index in [0.717, 1.165) is 6.07 Å². The fourth-order valence-corrected chi connectivity index (χ4v) is 2.91. The van der Waals surface area contributed by atoms with Gasteiger partial charge < -0.3 is 10.3 Å². The van der Waals surface area contributed by atoms with Crippen molar-refractivity contribution in [2.75, 3.05) is 0 Å². The van der Waals surface area contributed by atoms with Gasteiger partial charge in [-0.1, -0.05) is 35.0 Å². The molecule has 0 fully saturated rings. The molecular formula is C17H11ClFN5O2. The number of para-hydroxylation sites is 2. The maximum atomic E-state index is 13.1. The summed E-state index contributed by atoms with van der Waals surface area (Å²) >= 11 is 5.95. The third-order valence-corrected chi connectivity index (χ3v) is 4.29. The number of carbonyl (C=O) groups is 1. The summed E-state index contributed by atoms with van der Waals surface area (Å²) in [5.41, 5.74) is 1.22. The Balaban J connectivity index is 1.69. The van der Waals surface area contributed by atoms with E-state index in [1.165, 1.54) is 16.6 Å². The lowest BCUT2D eigenvalue weighted by molar-refractivity contribution is 0.0947. The number of amides is 1. The van der Waals surface area contributed by atoms with E-state index in [4.69, 9.17) is 11.6 Å². The minimum Gasteiger partial charge on any atom is -0.346 e. The molecule has 0 saturated carbocycles. The second-order valence-corrected chi connectivity index (χ2v) is 6.00. The number of aromatic nitrogens is 4. The molecule has 4 aromatic rings. The largest absolute Gasteiger partial charge is 0.346 e. The fraction of sp³-hybridized carbons (Fsp3) is 0.0588. The average Bonchev–Trinajstić information content (AvgIpc) is 3.07. The molecule has 0 aliphatic rings. The summed E-state index contributed by atoms with van der Waals surface area (Å²) in [6, 6.07) is 10.9. The lowest BCUT2D eigenvalue weighted by Gasteiger charge is -2.06. The Hall–Kier alpha value is -3.26. The summed E-state index contributed by atoms with van der Waals surface area (Å²) < 4.78 is 14.4. The highest BCUT2D eigenvalue weighted by Crippen LogP contribution is 2.17. The molecule has 2 aromatic heterocycles. The van der Waals surface area contributed by atoms with Crippen LogP contribution in [0.3, 0.4) is 0 Å². The van der Waals surface area contributed by atoms with E-state index in [0.29, 0.717) is 16.6 Å². The van der Waals surface area contributed by atoms with Crippen molar-refractivity contribution in [3.63, 3.8) is 0 Å². The van der Waals surface area contributed by atoms with Gasteiger partial charge in [-0.15, -0.1) is 5.10 Å². The Morgan fingerprint density at radius 3 is 2.88 bits per heavy atom. The predicted molar refractivity (Wildman–Crippen MR) is 93.7 cm³/mol. The summed E-state index contributed by atoms with van der Waals surface area (Å²) in [4.78, 5) is 27.5. The van der Waals surface area contributed by atoms with E-state index >= 15 is 0 Å². The molecule has 0 spiro atoms. The SMILES string of the molecule is O=C(NCc1ccc(F)cc1Cl)c1nnn2c1c(=O)[nH]c1ccccc12. The van der Waals surface area contributed by atoms with Gasteiger partial charge in [-0.05, 0) is 29.8 Å². The zero-order chi connectivity index (χ0) is 18.3. The van der Waals surface area contributed by atoms with Crippen LogP contribution in [-0.2, 0) is 6.54 Å². The van der Waals surface area contributed by atoms with Crippen LogP contribution in [0.25, 0.3) is 16.6 Å². The lowest BCUT2D eigenvalue weighted by atomic mass is 10.2. The standard InChI is InChI=1S/C17H11ClFN5O2/c18-11-7-10(19)6-5-9(11)8-20-16(25)14-15-17(26)21-12-3-1-2-4-13(12)24(15)23-22-14/h1-7H,8H2,(H,20,25)(H,21,26). The number of rotatable bonds is 3. The summed E-state index contributed by atoms with van der Waals surface area (Å²) in [6.45, 7) is 0.0580. The van der Waals surface area contributed by atoms with Gasteiger partial charge in [0.05, 0.1) is 11.0 Å². The van der Waals surface area contributed by atoms with Crippen molar-refractivity contribution in [3.8, 4) is 0 Å². The number of fused-ring (bicyclic) bond motifs is 3. The highest BCUT2D eigenvalue weighted by atomic mass is 35.5. The van der Waals surface area contributed by atoms with Gasteiger partial charge in [0.15, 0.2) is 11.2 Å². The molecule has 130 valence electrons. The van der Waals surface area contributed by atoms with Crippen molar-refractivity contribution in [1.29, 1.82) is 0 Å². The number of carbonyl (C=O) groups excluding carboxylic acids is 1. The van der Waals surface area contributed by atoms with Crippen LogP contribution in [0.15, 0.2) is 47.3 Å². The van der Waals surface area contributed by atoms with Gasteiger partial charge >= 0.3 is 0 Å². The molecule has 0 radical (unpaired) electrons. The molecular weight excluding hydrogens is 361 g/mol. The van der Waals surface area contributed by atoms with E-state index in [1.807, 2.05) is 0 Å². The molecule has 2 aromatic carbocycles. The molecule has 0 aliphatic heterocycles. The normalized spacial score (nSPS) is 11.2. The summed E-state index contributed by atoms with van der Waals surface area (Å²) in [6.07, 6.45) is 0. The van der Waals surface area contributed by atoms with E-state index in [1.54, 1.807) is 24.3 Å². The number of H-pyrrole nitrogens is 1. The monoisotopic (exact) mass is 371 g/mol. The molecule has 7 nitrogen and oxygen atoms in total. The molecule has 2 N–H and O–H groups in total. The number of benzene rings is 2. The molecule has 26 heavy (non-hydrogen) atoms. The number of nitrogens with zero attached hydrogens (tertiary/aromatic N) is 3. The van der Waals surface area contributed by atoms with Crippen LogP contribution in [0.2, 0.25) is 5.02 Å². The average molecular weight is 372 g/mol. The number of nitrogens with one attached hydrogen (secondary N) is 2. The van der Waals surface area contributed by atoms with E-state index in [-0.39, 0.29) is 22.8 Å². The third-order valence-electron chi connectivity index (χ3n) is 3.94. The topological polar surface area (TPSA) is 92.2 Å². The van der Waals surface area contributed by atoms with Gasteiger partial charge in [-0.2, -0.15) is 0 Å². The minimum absolute atomic E-state index is 0.0476. The predicted octanol–water partition coefficient (Wildman–Crippen LogP) is 2.29. The van der Waals surface area contributed by atoms with Crippen molar-refractivity contribution in [2.24, 2.45) is 0 Å².